The Hall–Kier alpha value is -1.73. The molecule has 0 spiro atoms. The van der Waals surface area contributed by atoms with E-state index in [-0.39, 0.29) is 0 Å². The highest BCUT2D eigenvalue weighted by Gasteiger charge is 2.07. The number of hydrogen-bond donors (Lipinski definition) is 1. The fourth-order valence-corrected chi connectivity index (χ4v) is 3.04. The summed E-state index contributed by atoms with van der Waals surface area (Å²) in [5, 5.41) is 17.0. The number of para-hydroxylation sites is 1. The first-order chi connectivity index (χ1) is 9.33. The molecule has 1 N–H and O–H groups in total. The lowest BCUT2D eigenvalue weighted by Gasteiger charge is -2.05. The number of anilines is 1. The van der Waals surface area contributed by atoms with Gasteiger partial charge >= 0.3 is 0 Å². The highest BCUT2D eigenvalue weighted by Crippen LogP contribution is 2.20. The Morgan fingerprint density at radius 2 is 2.11 bits per heavy atom. The molecule has 19 heavy (non-hydrogen) atoms. The van der Waals surface area contributed by atoms with Crippen LogP contribution in [0.1, 0.15) is 4.88 Å². The van der Waals surface area contributed by atoms with Crippen LogP contribution in [0.5, 0.6) is 0 Å². The second kappa shape index (κ2) is 5.50. The minimum absolute atomic E-state index is 0.635. The van der Waals surface area contributed by atoms with Crippen molar-refractivity contribution in [3.63, 3.8) is 0 Å². The molecule has 1 aromatic carbocycles. The summed E-state index contributed by atoms with van der Waals surface area (Å²) in [6.07, 6.45) is 0. The van der Waals surface area contributed by atoms with E-state index < -0.39 is 0 Å². The predicted molar refractivity (Wildman–Crippen MR) is 78.5 cm³/mol. The zero-order valence-electron chi connectivity index (χ0n) is 9.82. The summed E-state index contributed by atoms with van der Waals surface area (Å²) in [6, 6.07) is 11.9. The first-order valence-electron chi connectivity index (χ1n) is 5.63. The largest absolute Gasteiger partial charge is 0.348 e. The second-order valence-electron chi connectivity index (χ2n) is 3.83. The molecule has 0 aliphatic carbocycles. The molecule has 5 nitrogen and oxygen atoms in total. The molecule has 0 saturated carbocycles. The van der Waals surface area contributed by atoms with Gasteiger partial charge in [0.15, 0.2) is 0 Å². The maximum Gasteiger partial charge on any atom is 0.248 e. The van der Waals surface area contributed by atoms with E-state index in [0.717, 1.165) is 10.2 Å². The van der Waals surface area contributed by atoms with Crippen LogP contribution in [0.2, 0.25) is 0 Å². The Balaban J connectivity index is 1.77. The number of rotatable bonds is 4. The number of benzene rings is 1. The van der Waals surface area contributed by atoms with Crippen LogP contribution in [0.15, 0.2) is 46.3 Å². The van der Waals surface area contributed by atoms with Crippen LogP contribution in [-0.4, -0.2) is 20.2 Å². The fraction of sp³-hybridized carbons (Fsp3) is 0.0833. The topological polar surface area (TPSA) is 55.6 Å². The number of tetrazole rings is 1. The zero-order chi connectivity index (χ0) is 13.1. The molecule has 0 unspecified atom stereocenters. The van der Waals surface area contributed by atoms with Crippen molar-refractivity contribution in [1.29, 1.82) is 0 Å². The molecule has 0 radical (unpaired) electrons. The van der Waals surface area contributed by atoms with Crippen molar-refractivity contribution in [2.75, 3.05) is 5.32 Å². The summed E-state index contributed by atoms with van der Waals surface area (Å²) in [5.41, 5.74) is 0.933. The Morgan fingerprint density at radius 1 is 1.26 bits per heavy atom. The molecular formula is C12H10BrN5S. The van der Waals surface area contributed by atoms with Gasteiger partial charge < -0.3 is 5.32 Å². The van der Waals surface area contributed by atoms with E-state index in [9.17, 15) is 0 Å². The number of halogens is 1. The van der Waals surface area contributed by atoms with Crippen molar-refractivity contribution in [1.82, 2.24) is 20.2 Å². The van der Waals surface area contributed by atoms with Crippen LogP contribution < -0.4 is 5.32 Å². The highest BCUT2D eigenvalue weighted by molar-refractivity contribution is 9.10. The molecule has 3 aromatic rings. The van der Waals surface area contributed by atoms with Gasteiger partial charge in [0, 0.05) is 14.7 Å². The normalized spacial score (nSPS) is 10.6. The Kier molecular flexibility index (Phi) is 3.56. The van der Waals surface area contributed by atoms with E-state index >= 15 is 0 Å². The molecule has 96 valence electrons. The zero-order valence-corrected chi connectivity index (χ0v) is 12.2. The summed E-state index contributed by atoms with van der Waals surface area (Å²) < 4.78 is 2.78. The van der Waals surface area contributed by atoms with Gasteiger partial charge in [0.2, 0.25) is 5.95 Å². The van der Waals surface area contributed by atoms with Crippen LogP contribution in [0.25, 0.3) is 5.69 Å². The van der Waals surface area contributed by atoms with Gasteiger partial charge in [-0.2, -0.15) is 4.68 Å². The number of nitrogens with one attached hydrogen (secondary N) is 1. The average Bonchev–Trinajstić information content (AvgIpc) is 3.06. The third-order valence-corrected chi connectivity index (χ3v) is 4.21. The van der Waals surface area contributed by atoms with Gasteiger partial charge in [0.1, 0.15) is 0 Å². The van der Waals surface area contributed by atoms with Crippen LogP contribution >= 0.6 is 27.3 Å². The lowest BCUT2D eigenvalue weighted by molar-refractivity contribution is 0.789. The van der Waals surface area contributed by atoms with E-state index in [1.807, 2.05) is 30.3 Å². The molecule has 0 saturated heterocycles. The molecule has 0 aliphatic rings. The van der Waals surface area contributed by atoms with Crippen LogP contribution in [-0.2, 0) is 6.54 Å². The molecule has 0 fully saturated rings. The predicted octanol–water partition coefficient (Wildman–Crippen LogP) is 3.10. The Morgan fingerprint density at radius 3 is 2.84 bits per heavy atom. The quantitative estimate of drug-likeness (QED) is 0.795. The molecule has 0 atom stereocenters. The molecular weight excluding hydrogens is 326 g/mol. The number of aromatic nitrogens is 4. The molecule has 2 aromatic heterocycles. The van der Waals surface area contributed by atoms with Crippen molar-refractivity contribution in [3.8, 4) is 5.69 Å². The second-order valence-corrected chi connectivity index (χ2v) is 5.75. The first-order valence-corrected chi connectivity index (χ1v) is 7.31. The molecule has 0 amide bonds. The fourth-order valence-electron chi connectivity index (χ4n) is 1.65. The van der Waals surface area contributed by atoms with E-state index in [1.54, 1.807) is 16.0 Å². The average molecular weight is 336 g/mol. The monoisotopic (exact) mass is 335 g/mol. The summed E-state index contributed by atoms with van der Waals surface area (Å²) in [5.74, 6) is 0.635. The van der Waals surface area contributed by atoms with Crippen LogP contribution in [0.4, 0.5) is 5.95 Å². The lowest BCUT2D eigenvalue weighted by atomic mass is 10.3. The number of nitrogens with zero attached hydrogens (tertiary/aromatic N) is 4. The van der Waals surface area contributed by atoms with Gasteiger partial charge in [-0.05, 0) is 44.6 Å². The molecule has 2 heterocycles. The third-order valence-electron chi connectivity index (χ3n) is 2.51. The van der Waals surface area contributed by atoms with Gasteiger partial charge in [-0.25, -0.2) is 0 Å². The number of hydrogen-bond acceptors (Lipinski definition) is 5. The van der Waals surface area contributed by atoms with Gasteiger partial charge in [-0.1, -0.05) is 23.3 Å². The summed E-state index contributed by atoms with van der Waals surface area (Å²) in [4.78, 5) is 1.22. The van der Waals surface area contributed by atoms with E-state index in [0.29, 0.717) is 12.5 Å². The van der Waals surface area contributed by atoms with Gasteiger partial charge in [-0.15, -0.1) is 11.3 Å². The third kappa shape index (κ3) is 2.82. The molecule has 7 heteroatoms. The first kappa shape index (κ1) is 12.3. The maximum absolute atomic E-state index is 4.00. The Labute approximate surface area is 122 Å². The summed E-state index contributed by atoms with van der Waals surface area (Å²) in [6.45, 7) is 0.698. The minimum atomic E-state index is 0.635. The van der Waals surface area contributed by atoms with Crippen molar-refractivity contribution < 1.29 is 0 Å². The lowest BCUT2D eigenvalue weighted by Crippen LogP contribution is -2.06. The SMILES string of the molecule is Brc1csc(CNc2nnnn2-c2ccccc2)c1. The molecule has 3 rings (SSSR count). The smallest absolute Gasteiger partial charge is 0.248 e. The minimum Gasteiger partial charge on any atom is -0.348 e. The van der Waals surface area contributed by atoms with Gasteiger partial charge in [0.25, 0.3) is 0 Å². The van der Waals surface area contributed by atoms with Crippen molar-refractivity contribution in [2.45, 2.75) is 6.54 Å². The van der Waals surface area contributed by atoms with Crippen molar-refractivity contribution >= 4 is 33.2 Å². The molecule has 0 aliphatic heterocycles. The summed E-state index contributed by atoms with van der Waals surface area (Å²) >= 11 is 5.13. The number of thiophene rings is 1. The van der Waals surface area contributed by atoms with Crippen molar-refractivity contribution in [2.24, 2.45) is 0 Å². The maximum atomic E-state index is 4.00. The van der Waals surface area contributed by atoms with Gasteiger partial charge in [0.05, 0.1) is 12.2 Å². The van der Waals surface area contributed by atoms with E-state index in [1.165, 1.54) is 4.88 Å². The van der Waals surface area contributed by atoms with Crippen LogP contribution in [0, 0.1) is 0 Å². The Bertz CT molecular complexity index is 664. The van der Waals surface area contributed by atoms with Crippen molar-refractivity contribution in [3.05, 3.63) is 51.1 Å². The summed E-state index contributed by atoms with van der Waals surface area (Å²) in [7, 11) is 0. The van der Waals surface area contributed by atoms with Crippen LogP contribution in [0.3, 0.4) is 0 Å². The standard InChI is InChI=1S/C12H10BrN5S/c13-9-6-11(19-8-9)7-14-12-15-16-17-18(12)10-4-2-1-3-5-10/h1-6,8H,7H2,(H,14,15,17). The molecule has 0 bridgehead atoms. The highest BCUT2D eigenvalue weighted by atomic mass is 79.9. The van der Waals surface area contributed by atoms with E-state index in [4.69, 9.17) is 0 Å². The van der Waals surface area contributed by atoms with Gasteiger partial charge in [-0.3, -0.25) is 0 Å². The van der Waals surface area contributed by atoms with E-state index in [2.05, 4.69) is 48.2 Å².